The number of aliphatic hydroxyl groups excluding tert-OH is 1. The van der Waals surface area contributed by atoms with Gasteiger partial charge in [-0.1, -0.05) is 12.1 Å². The minimum Gasteiger partial charge on any atom is -0.497 e. The number of methoxy groups -OCH3 is 1. The molecule has 0 aliphatic heterocycles. The molecule has 1 unspecified atom stereocenters. The number of benzene rings is 2. The van der Waals surface area contributed by atoms with Gasteiger partial charge in [-0.05, 0) is 36.8 Å². The molecule has 2 rings (SSSR count). The van der Waals surface area contributed by atoms with Crippen LogP contribution in [-0.4, -0.2) is 12.2 Å². The molecule has 0 heterocycles. The van der Waals surface area contributed by atoms with Crippen molar-refractivity contribution in [2.45, 2.75) is 19.6 Å². The second-order valence-electron chi connectivity index (χ2n) is 4.68. The molecule has 0 bridgehead atoms. The highest BCUT2D eigenvalue weighted by Gasteiger charge is 2.11. The maximum atomic E-state index is 9.78. The van der Waals surface area contributed by atoms with Gasteiger partial charge in [-0.3, -0.25) is 0 Å². The number of hydrogen-bond acceptors (Lipinski definition) is 4. The van der Waals surface area contributed by atoms with Crippen LogP contribution in [0.1, 0.15) is 29.7 Å². The molecule has 108 valence electrons. The van der Waals surface area contributed by atoms with E-state index in [9.17, 15) is 5.11 Å². The van der Waals surface area contributed by atoms with E-state index in [0.717, 1.165) is 5.56 Å². The molecular weight excluding hydrogens is 266 g/mol. The van der Waals surface area contributed by atoms with Gasteiger partial charge in [0.25, 0.3) is 0 Å². The third-order valence-corrected chi connectivity index (χ3v) is 3.15. The van der Waals surface area contributed by atoms with Gasteiger partial charge in [0.2, 0.25) is 0 Å². The molecule has 2 aromatic carbocycles. The molecule has 0 aromatic heterocycles. The minimum atomic E-state index is -0.619. The highest BCUT2D eigenvalue weighted by molar-refractivity contribution is 5.42. The van der Waals surface area contributed by atoms with Gasteiger partial charge in [0, 0.05) is 11.6 Å². The van der Waals surface area contributed by atoms with Crippen LogP contribution in [-0.2, 0) is 6.61 Å². The lowest BCUT2D eigenvalue weighted by molar-refractivity contribution is 0.190. The Kier molecular flexibility index (Phi) is 4.81. The number of nitriles is 1. The van der Waals surface area contributed by atoms with E-state index in [-0.39, 0.29) is 0 Å². The third kappa shape index (κ3) is 3.74. The van der Waals surface area contributed by atoms with E-state index in [4.69, 9.17) is 14.7 Å². The molecule has 0 saturated heterocycles. The number of hydrogen-bond donors (Lipinski definition) is 1. The smallest absolute Gasteiger partial charge is 0.129 e. The topological polar surface area (TPSA) is 62.5 Å². The Morgan fingerprint density at radius 2 is 1.90 bits per heavy atom. The summed E-state index contributed by atoms with van der Waals surface area (Å²) in [6, 6.07) is 14.6. The number of ether oxygens (including phenoxy) is 2. The summed E-state index contributed by atoms with van der Waals surface area (Å²) in [6.45, 7) is 2.05. The Morgan fingerprint density at radius 3 is 2.48 bits per heavy atom. The zero-order valence-corrected chi connectivity index (χ0v) is 12.0. The van der Waals surface area contributed by atoms with E-state index >= 15 is 0 Å². The largest absolute Gasteiger partial charge is 0.497 e. The second kappa shape index (κ2) is 6.78. The van der Waals surface area contributed by atoms with Crippen molar-refractivity contribution >= 4 is 0 Å². The Balaban J connectivity index is 2.16. The zero-order valence-electron chi connectivity index (χ0n) is 12.0. The first-order chi connectivity index (χ1) is 10.1. The minimum absolute atomic E-state index is 0.360. The molecule has 0 saturated carbocycles. The fraction of sp³-hybridized carbons (Fsp3) is 0.235. The fourth-order valence-corrected chi connectivity index (χ4v) is 1.95. The van der Waals surface area contributed by atoms with Crippen LogP contribution >= 0.6 is 0 Å². The molecule has 0 radical (unpaired) electrons. The van der Waals surface area contributed by atoms with E-state index in [1.54, 1.807) is 44.4 Å². The third-order valence-electron chi connectivity index (χ3n) is 3.15. The highest BCUT2D eigenvalue weighted by atomic mass is 16.5. The first-order valence-electron chi connectivity index (χ1n) is 6.62. The molecule has 2 aromatic rings. The van der Waals surface area contributed by atoms with Crippen LogP contribution in [0.25, 0.3) is 0 Å². The number of rotatable bonds is 5. The summed E-state index contributed by atoms with van der Waals surface area (Å²) in [5, 5.41) is 18.5. The monoisotopic (exact) mass is 283 g/mol. The normalized spacial score (nSPS) is 11.5. The maximum absolute atomic E-state index is 9.78. The van der Waals surface area contributed by atoms with Gasteiger partial charge in [0.1, 0.15) is 18.1 Å². The SMILES string of the molecule is COc1ccc(C(C)O)c(OCc2ccc(C#N)cc2)c1. The standard InChI is InChI=1S/C17H17NO3/c1-12(19)16-8-7-15(20-2)9-17(16)21-11-14-5-3-13(10-18)4-6-14/h3-9,12,19H,11H2,1-2H3. The first-order valence-corrected chi connectivity index (χ1v) is 6.62. The molecule has 0 aliphatic rings. The summed E-state index contributed by atoms with van der Waals surface area (Å²) in [5.74, 6) is 1.27. The maximum Gasteiger partial charge on any atom is 0.129 e. The van der Waals surface area contributed by atoms with Crippen LogP contribution in [0.15, 0.2) is 42.5 Å². The Bertz CT molecular complexity index is 642. The molecule has 0 amide bonds. The molecular formula is C17H17NO3. The fourth-order valence-electron chi connectivity index (χ4n) is 1.95. The van der Waals surface area contributed by atoms with Crippen molar-refractivity contribution in [2.24, 2.45) is 0 Å². The number of nitrogens with zero attached hydrogens (tertiary/aromatic N) is 1. The van der Waals surface area contributed by atoms with Crippen LogP contribution in [0.3, 0.4) is 0 Å². The van der Waals surface area contributed by atoms with E-state index < -0.39 is 6.10 Å². The second-order valence-corrected chi connectivity index (χ2v) is 4.68. The van der Waals surface area contributed by atoms with Gasteiger partial charge in [-0.25, -0.2) is 0 Å². The van der Waals surface area contributed by atoms with E-state index in [1.807, 2.05) is 12.1 Å². The summed E-state index contributed by atoms with van der Waals surface area (Å²) in [7, 11) is 1.59. The van der Waals surface area contributed by atoms with Gasteiger partial charge in [-0.2, -0.15) is 5.26 Å². The number of aliphatic hydroxyl groups is 1. The lowest BCUT2D eigenvalue weighted by atomic mass is 10.1. The Morgan fingerprint density at radius 1 is 1.19 bits per heavy atom. The molecule has 1 atom stereocenters. The zero-order chi connectivity index (χ0) is 15.2. The first kappa shape index (κ1) is 14.9. The van der Waals surface area contributed by atoms with Crippen molar-refractivity contribution < 1.29 is 14.6 Å². The lowest BCUT2D eigenvalue weighted by Crippen LogP contribution is -2.01. The summed E-state index contributed by atoms with van der Waals surface area (Å²) in [4.78, 5) is 0. The van der Waals surface area contributed by atoms with Crippen LogP contribution in [0.4, 0.5) is 0 Å². The van der Waals surface area contributed by atoms with Gasteiger partial charge in [0.05, 0.1) is 24.8 Å². The average molecular weight is 283 g/mol. The predicted octanol–water partition coefficient (Wildman–Crippen LogP) is 3.20. The quantitative estimate of drug-likeness (QED) is 0.915. The van der Waals surface area contributed by atoms with Crippen molar-refractivity contribution in [1.82, 2.24) is 0 Å². The van der Waals surface area contributed by atoms with Gasteiger partial charge < -0.3 is 14.6 Å². The summed E-state index contributed by atoms with van der Waals surface area (Å²) < 4.78 is 11.0. The molecule has 0 fully saturated rings. The van der Waals surface area contributed by atoms with Crippen LogP contribution < -0.4 is 9.47 Å². The molecule has 0 spiro atoms. The molecule has 4 nitrogen and oxygen atoms in total. The van der Waals surface area contributed by atoms with E-state index in [0.29, 0.717) is 29.2 Å². The summed E-state index contributed by atoms with van der Waals surface area (Å²) >= 11 is 0. The Labute approximate surface area is 124 Å². The van der Waals surface area contributed by atoms with Crippen molar-refractivity contribution in [3.63, 3.8) is 0 Å². The van der Waals surface area contributed by atoms with E-state index in [2.05, 4.69) is 6.07 Å². The van der Waals surface area contributed by atoms with Crippen LogP contribution in [0, 0.1) is 11.3 Å². The molecule has 21 heavy (non-hydrogen) atoms. The van der Waals surface area contributed by atoms with Gasteiger partial charge in [0.15, 0.2) is 0 Å². The van der Waals surface area contributed by atoms with Crippen molar-refractivity contribution in [1.29, 1.82) is 5.26 Å². The van der Waals surface area contributed by atoms with Gasteiger partial charge >= 0.3 is 0 Å². The average Bonchev–Trinajstić information content (AvgIpc) is 2.52. The van der Waals surface area contributed by atoms with Crippen LogP contribution in [0.2, 0.25) is 0 Å². The molecule has 0 aliphatic carbocycles. The summed E-state index contributed by atoms with van der Waals surface area (Å²) in [6.07, 6.45) is -0.619. The van der Waals surface area contributed by atoms with Crippen LogP contribution in [0.5, 0.6) is 11.5 Å². The van der Waals surface area contributed by atoms with Gasteiger partial charge in [-0.15, -0.1) is 0 Å². The highest BCUT2D eigenvalue weighted by Crippen LogP contribution is 2.30. The predicted molar refractivity (Wildman–Crippen MR) is 79.1 cm³/mol. The summed E-state index contributed by atoms with van der Waals surface area (Å²) in [5.41, 5.74) is 2.28. The lowest BCUT2D eigenvalue weighted by Gasteiger charge is -2.14. The Hall–Kier alpha value is -2.51. The van der Waals surface area contributed by atoms with Crippen molar-refractivity contribution in [2.75, 3.05) is 7.11 Å². The molecule has 4 heteroatoms. The molecule has 1 N–H and O–H groups in total. The van der Waals surface area contributed by atoms with Crippen molar-refractivity contribution in [3.8, 4) is 17.6 Å². The van der Waals surface area contributed by atoms with E-state index in [1.165, 1.54) is 0 Å². The van der Waals surface area contributed by atoms with Crippen molar-refractivity contribution in [3.05, 3.63) is 59.2 Å².